The van der Waals surface area contributed by atoms with Crippen molar-refractivity contribution < 1.29 is 14.6 Å². The molecule has 0 saturated carbocycles. The lowest BCUT2D eigenvalue weighted by molar-refractivity contribution is -0.0162. The van der Waals surface area contributed by atoms with Gasteiger partial charge in [0, 0.05) is 24.7 Å². The van der Waals surface area contributed by atoms with Crippen molar-refractivity contribution in [3.05, 3.63) is 11.6 Å². The third kappa shape index (κ3) is 6.45. The van der Waals surface area contributed by atoms with Crippen LogP contribution in [0.15, 0.2) is 11.6 Å². The zero-order valence-electron chi connectivity index (χ0n) is 9.45. The summed E-state index contributed by atoms with van der Waals surface area (Å²) in [5.41, 5.74) is 0. The van der Waals surface area contributed by atoms with Gasteiger partial charge >= 0.3 is 0 Å². The van der Waals surface area contributed by atoms with Gasteiger partial charge < -0.3 is 19.9 Å². The van der Waals surface area contributed by atoms with Crippen molar-refractivity contribution in [3.63, 3.8) is 0 Å². The minimum atomic E-state index is -0.516. The molecule has 2 N–H and O–H groups in total. The molecule has 5 heteroatoms. The van der Waals surface area contributed by atoms with E-state index in [9.17, 15) is 5.11 Å². The monoisotopic (exact) mass is 249 g/mol. The topological polar surface area (TPSA) is 50.7 Å². The van der Waals surface area contributed by atoms with Crippen LogP contribution in [0.2, 0.25) is 0 Å². The van der Waals surface area contributed by atoms with Gasteiger partial charge in [-0.05, 0) is 12.8 Å². The Balaban J connectivity index is 1.92. The molecule has 0 aliphatic carbocycles. The molecule has 1 aliphatic rings. The highest BCUT2D eigenvalue weighted by molar-refractivity contribution is 6.29. The van der Waals surface area contributed by atoms with E-state index in [1.165, 1.54) is 0 Å². The summed E-state index contributed by atoms with van der Waals surface area (Å²) in [5, 5.41) is 13.0. The van der Waals surface area contributed by atoms with Gasteiger partial charge in [0.1, 0.15) is 0 Å². The summed E-state index contributed by atoms with van der Waals surface area (Å²) < 4.78 is 10.8. The molecule has 2 atom stereocenters. The zero-order valence-corrected chi connectivity index (χ0v) is 10.2. The molecule has 0 amide bonds. The van der Waals surface area contributed by atoms with E-state index >= 15 is 0 Å². The van der Waals surface area contributed by atoms with E-state index in [0.717, 1.165) is 19.4 Å². The smallest absolute Gasteiger partial charge is 0.0897 e. The molecule has 0 aromatic carbocycles. The van der Waals surface area contributed by atoms with Crippen molar-refractivity contribution in [2.75, 3.05) is 32.9 Å². The lowest BCUT2D eigenvalue weighted by Crippen LogP contribution is -2.32. The van der Waals surface area contributed by atoms with Crippen LogP contribution in [0.4, 0.5) is 0 Å². The van der Waals surface area contributed by atoms with Crippen LogP contribution in [0.1, 0.15) is 12.8 Å². The van der Waals surface area contributed by atoms with Crippen LogP contribution >= 0.6 is 11.6 Å². The molecule has 1 aliphatic heterocycles. The van der Waals surface area contributed by atoms with E-state index in [1.807, 2.05) is 0 Å². The number of hydrogen-bond donors (Lipinski definition) is 2. The first-order chi connectivity index (χ1) is 7.68. The number of aliphatic hydroxyl groups is 1. The predicted octanol–water partition coefficient (Wildman–Crippen LogP) is 0.885. The summed E-state index contributed by atoms with van der Waals surface area (Å²) >= 11 is 5.57. The van der Waals surface area contributed by atoms with Crippen LogP contribution in [0.25, 0.3) is 0 Å². The summed E-state index contributed by atoms with van der Waals surface area (Å²) in [4.78, 5) is 0. The highest BCUT2D eigenvalue weighted by Crippen LogP contribution is 2.11. The summed E-state index contributed by atoms with van der Waals surface area (Å²) in [7, 11) is 0. The van der Waals surface area contributed by atoms with Crippen molar-refractivity contribution >= 4 is 11.6 Å². The van der Waals surface area contributed by atoms with Gasteiger partial charge in [-0.1, -0.05) is 18.2 Å². The third-order valence-corrected chi connectivity index (χ3v) is 2.47. The predicted molar refractivity (Wildman–Crippen MR) is 63.7 cm³/mol. The van der Waals surface area contributed by atoms with Crippen LogP contribution in [-0.2, 0) is 9.47 Å². The number of nitrogens with one attached hydrogen (secondary N) is 1. The summed E-state index contributed by atoms with van der Waals surface area (Å²) in [6.45, 7) is 6.22. The molecule has 1 fully saturated rings. The Hall–Kier alpha value is -0.130. The Kier molecular flexibility index (Phi) is 7.00. The van der Waals surface area contributed by atoms with Crippen molar-refractivity contribution in [1.29, 1.82) is 0 Å². The Morgan fingerprint density at radius 2 is 2.50 bits per heavy atom. The first-order valence-corrected chi connectivity index (χ1v) is 5.97. The Labute approximate surface area is 102 Å². The zero-order chi connectivity index (χ0) is 11.8. The molecule has 1 rings (SSSR count). The van der Waals surface area contributed by atoms with E-state index in [2.05, 4.69) is 11.9 Å². The molecule has 94 valence electrons. The van der Waals surface area contributed by atoms with E-state index in [4.69, 9.17) is 21.1 Å². The summed E-state index contributed by atoms with van der Waals surface area (Å²) in [5.74, 6) is 0. The van der Waals surface area contributed by atoms with Crippen LogP contribution in [0.5, 0.6) is 0 Å². The quantitative estimate of drug-likeness (QED) is 0.671. The second-order valence-corrected chi connectivity index (χ2v) is 4.51. The number of halogens is 1. The molecule has 1 heterocycles. The molecular formula is C11H20ClNO3. The van der Waals surface area contributed by atoms with Crippen molar-refractivity contribution in [2.45, 2.75) is 25.0 Å². The largest absolute Gasteiger partial charge is 0.389 e. The number of hydrogen-bond acceptors (Lipinski definition) is 4. The van der Waals surface area contributed by atoms with Crippen LogP contribution in [-0.4, -0.2) is 50.2 Å². The fourth-order valence-corrected chi connectivity index (χ4v) is 1.64. The number of aliphatic hydroxyl groups excluding tert-OH is 1. The standard InChI is InChI=1S/C11H20ClNO3/c1-9(12)5-13-6-10(14)7-15-8-11-3-2-4-16-11/h10-11,13-14H,1-8H2. The normalized spacial score (nSPS) is 22.2. The number of rotatable bonds is 8. The second kappa shape index (κ2) is 8.03. The average Bonchev–Trinajstić information content (AvgIpc) is 2.70. The van der Waals surface area contributed by atoms with E-state index in [1.54, 1.807) is 0 Å². The molecule has 0 bridgehead atoms. The average molecular weight is 250 g/mol. The van der Waals surface area contributed by atoms with Gasteiger partial charge in [-0.25, -0.2) is 0 Å². The second-order valence-electron chi connectivity index (χ2n) is 3.97. The maximum Gasteiger partial charge on any atom is 0.0897 e. The first-order valence-electron chi connectivity index (χ1n) is 5.60. The molecule has 0 radical (unpaired) electrons. The van der Waals surface area contributed by atoms with E-state index in [0.29, 0.717) is 31.3 Å². The lowest BCUT2D eigenvalue weighted by atomic mass is 10.2. The fourth-order valence-electron chi connectivity index (χ4n) is 1.54. The van der Waals surface area contributed by atoms with Crippen LogP contribution < -0.4 is 5.32 Å². The fraction of sp³-hybridized carbons (Fsp3) is 0.818. The van der Waals surface area contributed by atoms with Crippen molar-refractivity contribution in [2.24, 2.45) is 0 Å². The van der Waals surface area contributed by atoms with Gasteiger partial charge in [0.25, 0.3) is 0 Å². The summed E-state index contributed by atoms with van der Waals surface area (Å²) in [6.07, 6.45) is 1.86. The van der Waals surface area contributed by atoms with Gasteiger partial charge in [0.05, 0.1) is 25.4 Å². The Morgan fingerprint density at radius 1 is 1.69 bits per heavy atom. The van der Waals surface area contributed by atoms with Crippen LogP contribution in [0, 0.1) is 0 Å². The molecule has 2 unspecified atom stereocenters. The minimum Gasteiger partial charge on any atom is -0.389 e. The Bertz CT molecular complexity index is 207. The van der Waals surface area contributed by atoms with Gasteiger partial charge in [-0.15, -0.1) is 0 Å². The molecular weight excluding hydrogens is 230 g/mol. The summed E-state index contributed by atoms with van der Waals surface area (Å²) in [6, 6.07) is 0. The maximum absolute atomic E-state index is 9.53. The van der Waals surface area contributed by atoms with Gasteiger partial charge in [0.15, 0.2) is 0 Å². The van der Waals surface area contributed by atoms with E-state index in [-0.39, 0.29) is 6.10 Å². The van der Waals surface area contributed by atoms with Crippen molar-refractivity contribution in [3.8, 4) is 0 Å². The molecule has 0 aromatic rings. The highest BCUT2D eigenvalue weighted by Gasteiger charge is 2.15. The first kappa shape index (κ1) is 13.9. The molecule has 4 nitrogen and oxygen atoms in total. The lowest BCUT2D eigenvalue weighted by Gasteiger charge is -2.14. The molecule has 1 saturated heterocycles. The minimum absolute atomic E-state index is 0.211. The molecule has 16 heavy (non-hydrogen) atoms. The van der Waals surface area contributed by atoms with Gasteiger partial charge in [-0.2, -0.15) is 0 Å². The number of ether oxygens (including phenoxy) is 2. The molecule has 0 aromatic heterocycles. The van der Waals surface area contributed by atoms with Crippen LogP contribution in [0.3, 0.4) is 0 Å². The molecule has 0 spiro atoms. The van der Waals surface area contributed by atoms with Gasteiger partial charge in [-0.3, -0.25) is 0 Å². The highest BCUT2D eigenvalue weighted by atomic mass is 35.5. The maximum atomic E-state index is 9.53. The Morgan fingerprint density at radius 3 is 3.12 bits per heavy atom. The van der Waals surface area contributed by atoms with Gasteiger partial charge in [0.2, 0.25) is 0 Å². The third-order valence-electron chi connectivity index (χ3n) is 2.33. The SMILES string of the molecule is C=C(Cl)CNCC(O)COCC1CCCO1. The van der Waals surface area contributed by atoms with E-state index < -0.39 is 6.10 Å². The van der Waals surface area contributed by atoms with Crippen molar-refractivity contribution in [1.82, 2.24) is 5.32 Å².